The van der Waals surface area contributed by atoms with E-state index < -0.39 is 0 Å². The molecule has 0 spiro atoms. The molecule has 0 radical (unpaired) electrons. The molecule has 0 aliphatic carbocycles. The number of amides is 1. The Hall–Kier alpha value is -3.04. The number of nitrogens with zero attached hydrogens (tertiary/aromatic N) is 3. The molecule has 9 heteroatoms. The van der Waals surface area contributed by atoms with Gasteiger partial charge >= 0.3 is 0 Å². The van der Waals surface area contributed by atoms with Crippen LogP contribution in [0.15, 0.2) is 58.0 Å². The maximum absolute atomic E-state index is 13.5. The summed E-state index contributed by atoms with van der Waals surface area (Å²) in [5.74, 6) is -0.0620. The number of piperidine rings is 1. The van der Waals surface area contributed by atoms with E-state index in [4.69, 9.17) is 4.98 Å². The Kier molecular flexibility index (Phi) is 5.75. The zero-order valence-electron chi connectivity index (χ0n) is 17.2. The Labute approximate surface area is 192 Å². The van der Waals surface area contributed by atoms with Crippen LogP contribution >= 0.6 is 22.7 Å². The molecule has 1 N–H and O–H groups in total. The van der Waals surface area contributed by atoms with Crippen LogP contribution in [0.1, 0.15) is 17.7 Å². The number of nitrogens with one attached hydrogen (secondary N) is 1. The molecule has 1 saturated heterocycles. The van der Waals surface area contributed by atoms with E-state index in [1.807, 2.05) is 33.9 Å². The summed E-state index contributed by atoms with van der Waals surface area (Å²) in [6, 6.07) is 11.6. The van der Waals surface area contributed by atoms with Gasteiger partial charge in [-0.15, -0.1) is 22.7 Å². The molecule has 4 heterocycles. The van der Waals surface area contributed by atoms with E-state index in [2.05, 4.69) is 5.32 Å². The van der Waals surface area contributed by atoms with Crippen molar-refractivity contribution in [2.24, 2.45) is 5.92 Å². The molecule has 1 fully saturated rings. The molecule has 0 bridgehead atoms. The lowest BCUT2D eigenvalue weighted by atomic mass is 9.97. The van der Waals surface area contributed by atoms with Crippen LogP contribution in [0.25, 0.3) is 15.9 Å². The summed E-state index contributed by atoms with van der Waals surface area (Å²) in [4.78, 5) is 34.0. The number of carbonyl (C=O) groups is 1. The summed E-state index contributed by atoms with van der Waals surface area (Å²) < 4.78 is 15.6. The summed E-state index contributed by atoms with van der Waals surface area (Å²) in [6.45, 7) is 1.68. The van der Waals surface area contributed by atoms with E-state index in [-0.39, 0.29) is 23.2 Å². The minimum atomic E-state index is -0.367. The second kappa shape index (κ2) is 8.84. The van der Waals surface area contributed by atoms with Crippen LogP contribution in [0, 0.1) is 11.7 Å². The maximum Gasteiger partial charge on any atom is 0.277 e. The van der Waals surface area contributed by atoms with Gasteiger partial charge in [0, 0.05) is 18.0 Å². The Balaban J connectivity index is 1.46. The van der Waals surface area contributed by atoms with Gasteiger partial charge < -0.3 is 10.2 Å². The predicted molar refractivity (Wildman–Crippen MR) is 126 cm³/mol. The van der Waals surface area contributed by atoms with Crippen molar-refractivity contribution in [1.29, 1.82) is 0 Å². The number of carbonyl (C=O) groups excluding carboxylic acids is 1. The summed E-state index contributed by atoms with van der Waals surface area (Å²) >= 11 is 2.95. The predicted octanol–water partition coefficient (Wildman–Crippen LogP) is 4.18. The SMILES string of the molecule is O=C(NCc1cccs1)[C@H]1CCCN(c2nc3ccsc3c(=O)n2-c2ccc(F)cc2)C1. The van der Waals surface area contributed by atoms with Crippen molar-refractivity contribution in [2.75, 3.05) is 18.0 Å². The highest BCUT2D eigenvalue weighted by Crippen LogP contribution is 2.26. The first-order valence-electron chi connectivity index (χ1n) is 10.4. The molecule has 164 valence electrons. The lowest BCUT2D eigenvalue weighted by Gasteiger charge is -2.34. The third kappa shape index (κ3) is 4.05. The average Bonchev–Trinajstić information content (AvgIpc) is 3.50. The third-order valence-electron chi connectivity index (χ3n) is 5.64. The van der Waals surface area contributed by atoms with Gasteiger partial charge in [-0.1, -0.05) is 6.07 Å². The lowest BCUT2D eigenvalue weighted by Crippen LogP contribution is -2.45. The molecule has 6 nitrogen and oxygen atoms in total. The van der Waals surface area contributed by atoms with E-state index in [9.17, 15) is 14.0 Å². The first-order chi connectivity index (χ1) is 15.6. The largest absolute Gasteiger partial charge is 0.351 e. The van der Waals surface area contributed by atoms with Crippen molar-refractivity contribution < 1.29 is 9.18 Å². The average molecular weight is 469 g/mol. The van der Waals surface area contributed by atoms with Crippen molar-refractivity contribution >= 4 is 44.7 Å². The van der Waals surface area contributed by atoms with Gasteiger partial charge in [0.2, 0.25) is 11.9 Å². The zero-order valence-corrected chi connectivity index (χ0v) is 18.8. The van der Waals surface area contributed by atoms with Crippen molar-refractivity contribution in [2.45, 2.75) is 19.4 Å². The number of anilines is 1. The molecule has 0 saturated carbocycles. The highest BCUT2D eigenvalue weighted by atomic mass is 32.1. The van der Waals surface area contributed by atoms with E-state index in [1.165, 1.54) is 28.0 Å². The second-order valence-corrected chi connectivity index (χ2v) is 9.69. The highest BCUT2D eigenvalue weighted by Gasteiger charge is 2.29. The van der Waals surface area contributed by atoms with Crippen LogP contribution in [0.2, 0.25) is 0 Å². The van der Waals surface area contributed by atoms with Crippen LogP contribution in [0.5, 0.6) is 0 Å². The van der Waals surface area contributed by atoms with Crippen LogP contribution < -0.4 is 15.8 Å². The quantitative estimate of drug-likeness (QED) is 0.477. The standard InChI is InChI=1S/C23H21FN4O2S2/c24-16-5-7-17(8-6-16)28-22(30)20-19(9-12-32-20)26-23(28)27-10-1-3-15(14-27)21(29)25-13-18-4-2-11-31-18/h2,4-9,11-12,15H,1,3,10,13-14H2,(H,25,29)/t15-/m0/s1. The number of fused-ring (bicyclic) bond motifs is 1. The Morgan fingerprint density at radius 1 is 1.16 bits per heavy atom. The first kappa shape index (κ1) is 20.8. The Morgan fingerprint density at radius 2 is 2.00 bits per heavy atom. The maximum atomic E-state index is 13.5. The van der Waals surface area contributed by atoms with Crippen LogP contribution in [0.4, 0.5) is 10.3 Å². The number of benzene rings is 1. The molecule has 1 amide bonds. The topological polar surface area (TPSA) is 67.2 Å². The molecule has 3 aromatic heterocycles. The monoisotopic (exact) mass is 468 g/mol. The fourth-order valence-electron chi connectivity index (χ4n) is 4.04. The van der Waals surface area contributed by atoms with Crippen LogP contribution in [-0.2, 0) is 11.3 Å². The fourth-order valence-corrected chi connectivity index (χ4v) is 5.44. The number of hydrogen-bond donors (Lipinski definition) is 1. The van der Waals surface area contributed by atoms with Gasteiger partial charge in [0.1, 0.15) is 10.5 Å². The van der Waals surface area contributed by atoms with Crippen LogP contribution in [0.3, 0.4) is 0 Å². The van der Waals surface area contributed by atoms with Crippen molar-refractivity contribution in [1.82, 2.24) is 14.9 Å². The zero-order chi connectivity index (χ0) is 22.1. The van der Waals surface area contributed by atoms with Gasteiger partial charge in [-0.05, 0) is 60.0 Å². The molecule has 4 aromatic rings. The Bertz CT molecular complexity index is 1300. The molecule has 0 unspecified atom stereocenters. The van der Waals surface area contributed by atoms with E-state index >= 15 is 0 Å². The molecule has 32 heavy (non-hydrogen) atoms. The van der Waals surface area contributed by atoms with Crippen molar-refractivity contribution in [3.63, 3.8) is 0 Å². The molecule has 1 aliphatic rings. The number of halogens is 1. The second-order valence-electron chi connectivity index (χ2n) is 7.75. The number of hydrogen-bond acceptors (Lipinski definition) is 6. The van der Waals surface area contributed by atoms with Gasteiger partial charge in [0.15, 0.2) is 0 Å². The van der Waals surface area contributed by atoms with Gasteiger partial charge in [-0.2, -0.15) is 0 Å². The van der Waals surface area contributed by atoms with Crippen molar-refractivity contribution in [3.8, 4) is 5.69 Å². The fraction of sp³-hybridized carbons (Fsp3) is 0.261. The van der Waals surface area contributed by atoms with E-state index in [0.717, 1.165) is 17.7 Å². The normalized spacial score (nSPS) is 16.4. The van der Waals surface area contributed by atoms with E-state index in [0.29, 0.717) is 41.5 Å². The van der Waals surface area contributed by atoms with Gasteiger partial charge in [-0.25, -0.2) is 13.9 Å². The first-order valence-corrected chi connectivity index (χ1v) is 12.2. The molecular formula is C23H21FN4O2S2. The number of thiophene rings is 2. The van der Waals surface area contributed by atoms with Gasteiger partial charge in [0.05, 0.1) is 23.7 Å². The van der Waals surface area contributed by atoms with Crippen molar-refractivity contribution in [3.05, 3.63) is 74.3 Å². The smallest absolute Gasteiger partial charge is 0.277 e. The minimum absolute atomic E-state index is 0.00962. The Morgan fingerprint density at radius 3 is 2.78 bits per heavy atom. The number of aromatic nitrogens is 2. The minimum Gasteiger partial charge on any atom is -0.351 e. The molecule has 1 aromatic carbocycles. The molecule has 1 aliphatic heterocycles. The van der Waals surface area contributed by atoms with Gasteiger partial charge in [0.25, 0.3) is 5.56 Å². The summed E-state index contributed by atoms with van der Waals surface area (Å²) in [5.41, 5.74) is 1.01. The summed E-state index contributed by atoms with van der Waals surface area (Å²) in [6.07, 6.45) is 1.60. The van der Waals surface area contributed by atoms with Crippen LogP contribution in [-0.4, -0.2) is 28.5 Å². The van der Waals surface area contributed by atoms with E-state index in [1.54, 1.807) is 23.5 Å². The summed E-state index contributed by atoms with van der Waals surface area (Å²) in [7, 11) is 0. The molecule has 1 atom stereocenters. The molecular weight excluding hydrogens is 447 g/mol. The third-order valence-corrected chi connectivity index (χ3v) is 7.41. The highest BCUT2D eigenvalue weighted by molar-refractivity contribution is 7.17. The molecule has 5 rings (SSSR count). The lowest BCUT2D eigenvalue weighted by molar-refractivity contribution is -0.125. The summed E-state index contributed by atoms with van der Waals surface area (Å²) in [5, 5.41) is 6.87. The van der Waals surface area contributed by atoms with Gasteiger partial charge in [-0.3, -0.25) is 9.59 Å². The number of rotatable bonds is 5.